The summed E-state index contributed by atoms with van der Waals surface area (Å²) in [6, 6.07) is 4.95. The number of esters is 1. The number of methoxy groups -OCH3 is 1. The molecular formula is C27H31FN6O11. The van der Waals surface area contributed by atoms with Crippen molar-refractivity contribution in [3.05, 3.63) is 69.3 Å². The zero-order valence-corrected chi connectivity index (χ0v) is 24.2. The van der Waals surface area contributed by atoms with Crippen LogP contribution in [0, 0.1) is 12.7 Å². The molecule has 3 aromatic rings. The molecular weight excluding hydrogens is 603 g/mol. The minimum atomic E-state index is -3.35. The third-order valence-corrected chi connectivity index (χ3v) is 6.57. The number of hydrogen-bond donors (Lipinski definition) is 5. The summed E-state index contributed by atoms with van der Waals surface area (Å²) < 4.78 is 58.2. The molecule has 0 aliphatic carbocycles. The summed E-state index contributed by atoms with van der Waals surface area (Å²) in [6.45, 7) is 0.321. The fourth-order valence-corrected chi connectivity index (χ4v) is 4.21. The smallest absolute Gasteiger partial charge is 0.337 e. The van der Waals surface area contributed by atoms with E-state index < -0.39 is 95.5 Å². The van der Waals surface area contributed by atoms with Gasteiger partial charge in [-0.2, -0.15) is 0 Å². The highest BCUT2D eigenvalue weighted by Gasteiger charge is 2.49. The summed E-state index contributed by atoms with van der Waals surface area (Å²) >= 11 is 0. The van der Waals surface area contributed by atoms with Crippen LogP contribution in [0.25, 0.3) is 0 Å². The van der Waals surface area contributed by atoms with Crippen LogP contribution in [-0.2, 0) is 33.3 Å². The molecule has 5 unspecified atom stereocenters. The number of halogens is 1. The number of rotatable bonds is 9. The molecule has 1 fully saturated rings. The van der Waals surface area contributed by atoms with Gasteiger partial charge in [-0.25, -0.2) is 14.2 Å². The van der Waals surface area contributed by atoms with Crippen molar-refractivity contribution in [1.29, 1.82) is 0 Å². The molecule has 0 spiro atoms. The van der Waals surface area contributed by atoms with E-state index in [0.29, 0.717) is 5.56 Å². The molecule has 45 heavy (non-hydrogen) atoms. The number of nitrogens with zero attached hydrogens (tertiary/aromatic N) is 4. The minimum Gasteiger partial charge on any atom is -0.467 e. The Morgan fingerprint density at radius 2 is 1.80 bits per heavy atom. The molecule has 2 amide bonds. The van der Waals surface area contributed by atoms with Crippen LogP contribution in [-0.4, -0.2) is 90.7 Å². The third kappa shape index (κ3) is 6.98. The van der Waals surface area contributed by atoms with Crippen molar-refractivity contribution in [2.45, 2.75) is 63.6 Å². The van der Waals surface area contributed by atoms with E-state index in [1.807, 2.05) is 0 Å². The number of ether oxygens (including phenoxy) is 3. The molecule has 4 rings (SSSR count). The Morgan fingerprint density at radius 1 is 1.11 bits per heavy atom. The zero-order valence-electron chi connectivity index (χ0n) is 27.2. The van der Waals surface area contributed by atoms with Crippen LogP contribution in [0.5, 0.6) is 5.75 Å². The summed E-state index contributed by atoms with van der Waals surface area (Å²) in [5.41, 5.74) is -3.91. The highest BCUT2D eigenvalue weighted by atomic mass is 19.1. The number of carbonyl (C=O) groups is 3. The number of benzene rings is 1. The van der Waals surface area contributed by atoms with Crippen LogP contribution in [0.4, 0.5) is 4.39 Å². The number of hydrogen-bond acceptors (Lipinski definition) is 14. The third-order valence-electron chi connectivity index (χ3n) is 6.57. The molecule has 5 N–H and O–H groups in total. The molecule has 1 aliphatic heterocycles. The van der Waals surface area contributed by atoms with Gasteiger partial charge in [0.15, 0.2) is 11.8 Å². The highest BCUT2D eigenvalue weighted by Crippen LogP contribution is 2.27. The number of aliphatic hydroxyl groups excluding tert-OH is 3. The second-order valence-corrected chi connectivity index (χ2v) is 10.3. The van der Waals surface area contributed by atoms with Crippen molar-refractivity contribution >= 4 is 17.8 Å². The standard InChI is InChI=1S/C27H31FN6O11/c1-11-32-33-22(43-11)21(39)31-27(2,3)26-30-14(20(38)29-10-12-6-8-13(28)9-7-12)18(23(40)34(26)4)44-25-17(37)15(35)16(36)19(45-25)24(41)42-5/h6-9,15-17,19,25,35-37H,10H2,1-5H3,(H,29,38)(H,31,39)/i4D3. The lowest BCUT2D eigenvalue weighted by Crippen LogP contribution is -2.61. The van der Waals surface area contributed by atoms with E-state index in [4.69, 9.17) is 18.0 Å². The maximum absolute atomic E-state index is 14.0. The number of aliphatic hydroxyl groups is 3. The average Bonchev–Trinajstić information content (AvgIpc) is 3.46. The van der Waals surface area contributed by atoms with Gasteiger partial charge in [0, 0.05) is 24.6 Å². The first-order valence-corrected chi connectivity index (χ1v) is 13.1. The van der Waals surface area contributed by atoms with Crippen molar-refractivity contribution < 1.29 is 56.8 Å². The fraction of sp³-hybridized carbons (Fsp3) is 0.444. The van der Waals surface area contributed by atoms with Crippen LogP contribution < -0.4 is 20.9 Å². The van der Waals surface area contributed by atoms with E-state index in [9.17, 15) is 38.9 Å². The number of aromatic nitrogens is 4. The Morgan fingerprint density at radius 3 is 2.40 bits per heavy atom. The predicted octanol–water partition coefficient (Wildman–Crippen LogP) is -1.43. The molecule has 17 nitrogen and oxygen atoms in total. The Labute approximate surface area is 258 Å². The van der Waals surface area contributed by atoms with E-state index in [0.717, 1.165) is 19.2 Å². The second kappa shape index (κ2) is 13.1. The van der Waals surface area contributed by atoms with Gasteiger partial charge in [-0.15, -0.1) is 10.2 Å². The van der Waals surface area contributed by atoms with Crippen molar-refractivity contribution in [3.63, 3.8) is 0 Å². The molecule has 1 aliphatic rings. The van der Waals surface area contributed by atoms with Gasteiger partial charge in [-0.1, -0.05) is 12.1 Å². The van der Waals surface area contributed by atoms with Crippen molar-refractivity contribution in [3.8, 4) is 5.75 Å². The first kappa shape index (κ1) is 29.0. The zero-order chi connectivity index (χ0) is 35.7. The van der Waals surface area contributed by atoms with E-state index in [-0.39, 0.29) is 17.0 Å². The number of amides is 2. The second-order valence-electron chi connectivity index (χ2n) is 10.3. The molecule has 2 aromatic heterocycles. The Bertz CT molecular complexity index is 1750. The fourth-order valence-electron chi connectivity index (χ4n) is 4.21. The normalized spacial score (nSPS) is 22.8. The molecule has 0 radical (unpaired) electrons. The molecule has 1 aromatic carbocycles. The van der Waals surface area contributed by atoms with Crippen molar-refractivity contribution in [2.24, 2.45) is 6.98 Å². The summed E-state index contributed by atoms with van der Waals surface area (Å²) in [7, 11) is 0.938. The van der Waals surface area contributed by atoms with E-state index >= 15 is 0 Å². The van der Waals surface area contributed by atoms with Gasteiger partial charge in [0.05, 0.1) is 12.6 Å². The summed E-state index contributed by atoms with van der Waals surface area (Å²) in [5, 5.41) is 43.2. The van der Waals surface area contributed by atoms with Crippen LogP contribution in [0.15, 0.2) is 33.5 Å². The van der Waals surface area contributed by atoms with Crippen LogP contribution in [0.3, 0.4) is 0 Å². The highest BCUT2D eigenvalue weighted by molar-refractivity contribution is 5.95. The van der Waals surface area contributed by atoms with Gasteiger partial charge in [-0.3, -0.25) is 19.0 Å². The maximum Gasteiger partial charge on any atom is 0.337 e. The average molecular weight is 638 g/mol. The van der Waals surface area contributed by atoms with Crippen molar-refractivity contribution in [1.82, 2.24) is 30.4 Å². The SMILES string of the molecule is [2H]C([2H])([2H])n1c(C(C)(C)NC(=O)c2nnc(C)o2)nc(C(=O)NCc2ccc(F)cc2)c(OC2OC(C(=O)OC)C(O)C(O)C2O)c1=O. The van der Waals surface area contributed by atoms with Gasteiger partial charge < -0.3 is 44.6 Å². The lowest BCUT2D eigenvalue weighted by atomic mass is 9.99. The van der Waals surface area contributed by atoms with E-state index in [1.54, 1.807) is 0 Å². The Hall–Kier alpha value is -4.78. The monoisotopic (exact) mass is 637 g/mol. The number of nitrogens with one attached hydrogen (secondary N) is 2. The lowest BCUT2D eigenvalue weighted by molar-refractivity contribution is -0.272. The predicted molar refractivity (Wildman–Crippen MR) is 146 cm³/mol. The Kier molecular flexibility index (Phi) is 8.41. The quantitative estimate of drug-likeness (QED) is 0.169. The largest absolute Gasteiger partial charge is 0.467 e. The van der Waals surface area contributed by atoms with Gasteiger partial charge in [0.1, 0.15) is 30.0 Å². The van der Waals surface area contributed by atoms with E-state index in [1.165, 1.54) is 32.9 Å². The van der Waals surface area contributed by atoms with Crippen LogP contribution >= 0.6 is 0 Å². The molecule has 0 saturated carbocycles. The number of carbonyl (C=O) groups excluding carboxylic acids is 3. The molecule has 3 heterocycles. The first-order chi connectivity index (χ1) is 22.3. The summed E-state index contributed by atoms with van der Waals surface area (Å²) in [6.07, 6.45) is -10.4. The van der Waals surface area contributed by atoms with Crippen LogP contribution in [0.2, 0.25) is 0 Å². The van der Waals surface area contributed by atoms with Gasteiger partial charge >= 0.3 is 17.8 Å². The molecule has 5 atom stereocenters. The summed E-state index contributed by atoms with van der Waals surface area (Å²) in [5.74, 6) is -6.20. The number of aryl methyl sites for hydroxylation is 1. The lowest BCUT2D eigenvalue weighted by Gasteiger charge is -2.38. The van der Waals surface area contributed by atoms with Gasteiger partial charge in [0.2, 0.25) is 17.9 Å². The molecule has 18 heteroatoms. The first-order valence-electron chi connectivity index (χ1n) is 14.6. The molecule has 1 saturated heterocycles. The van der Waals surface area contributed by atoms with Crippen molar-refractivity contribution in [2.75, 3.05) is 7.11 Å². The van der Waals surface area contributed by atoms with Gasteiger partial charge in [0.25, 0.3) is 11.5 Å². The van der Waals surface area contributed by atoms with E-state index in [2.05, 4.69) is 30.6 Å². The maximum atomic E-state index is 14.0. The molecule has 242 valence electrons. The summed E-state index contributed by atoms with van der Waals surface area (Å²) in [4.78, 5) is 56.8. The minimum absolute atomic E-state index is 0.0382. The van der Waals surface area contributed by atoms with Crippen LogP contribution in [0.1, 0.15) is 56.4 Å². The molecule has 0 bridgehead atoms. The van der Waals surface area contributed by atoms with Gasteiger partial charge in [-0.05, 0) is 31.5 Å². The topological polar surface area (TPSA) is 237 Å². The Balaban J connectivity index is 1.85.